The molecule has 1 aromatic rings. The number of fused-ring (bicyclic) bond motifs is 1. The first kappa shape index (κ1) is 15.3. The van der Waals surface area contributed by atoms with Crippen LogP contribution in [0.4, 0.5) is 0 Å². The van der Waals surface area contributed by atoms with Crippen LogP contribution in [0.15, 0.2) is 24.3 Å². The van der Waals surface area contributed by atoms with E-state index >= 15 is 0 Å². The van der Waals surface area contributed by atoms with Gasteiger partial charge in [0.15, 0.2) is 0 Å². The van der Waals surface area contributed by atoms with E-state index in [0.717, 1.165) is 11.8 Å². The van der Waals surface area contributed by atoms with Crippen LogP contribution in [0.2, 0.25) is 0 Å². The summed E-state index contributed by atoms with van der Waals surface area (Å²) in [6.07, 6.45) is 8.17. The van der Waals surface area contributed by atoms with Crippen LogP contribution in [0, 0.1) is 5.92 Å². The Morgan fingerprint density at radius 3 is 2.61 bits per heavy atom. The molecule has 18 heavy (non-hydrogen) atoms. The molecule has 0 N–H and O–H groups in total. The van der Waals surface area contributed by atoms with Gasteiger partial charge in [-0.05, 0) is 42.2 Å². The number of benzene rings is 1. The largest absolute Gasteiger partial charge is 0.0683 e. The monoisotopic (exact) mass is 248 g/mol. The maximum absolute atomic E-state index is 2.37. The highest BCUT2D eigenvalue weighted by atomic mass is 14.3. The van der Waals surface area contributed by atoms with Crippen LogP contribution in [0.5, 0.6) is 0 Å². The van der Waals surface area contributed by atoms with Crippen molar-refractivity contribution in [3.8, 4) is 0 Å². The molecule has 0 radical (unpaired) electrons. The molecule has 0 aliphatic heterocycles. The SMILES string of the molecule is CC.CCCC(CC)C1CCCc2ccccc21.[HH]. The molecule has 104 valence electrons. The van der Waals surface area contributed by atoms with Gasteiger partial charge in [-0.1, -0.05) is 71.2 Å². The maximum atomic E-state index is 2.37. The number of aryl methyl sites for hydroxylation is 1. The van der Waals surface area contributed by atoms with Crippen LogP contribution in [-0.4, -0.2) is 0 Å². The summed E-state index contributed by atoms with van der Waals surface area (Å²) in [6, 6.07) is 9.12. The molecule has 2 rings (SSSR count). The van der Waals surface area contributed by atoms with E-state index in [2.05, 4.69) is 38.1 Å². The average molecular weight is 248 g/mol. The van der Waals surface area contributed by atoms with E-state index < -0.39 is 0 Å². The van der Waals surface area contributed by atoms with Gasteiger partial charge in [0.05, 0.1) is 0 Å². The second kappa shape index (κ2) is 8.34. The minimum Gasteiger partial charge on any atom is -0.0683 e. The molecule has 0 spiro atoms. The fourth-order valence-electron chi connectivity index (χ4n) is 3.34. The molecule has 0 saturated carbocycles. The van der Waals surface area contributed by atoms with Gasteiger partial charge in [-0.25, -0.2) is 0 Å². The van der Waals surface area contributed by atoms with Crippen LogP contribution in [0.3, 0.4) is 0 Å². The summed E-state index contributed by atoms with van der Waals surface area (Å²) in [7, 11) is 0. The van der Waals surface area contributed by atoms with Crippen LogP contribution < -0.4 is 0 Å². The van der Waals surface area contributed by atoms with Gasteiger partial charge in [0.1, 0.15) is 0 Å². The third-order valence-corrected chi connectivity index (χ3v) is 4.17. The predicted octanol–water partition coefficient (Wildman–Crippen LogP) is 6.21. The molecule has 0 amide bonds. The minimum absolute atomic E-state index is 0. The number of hydrogen-bond acceptors (Lipinski definition) is 0. The van der Waals surface area contributed by atoms with Crippen molar-refractivity contribution in [2.75, 3.05) is 0 Å². The lowest BCUT2D eigenvalue weighted by atomic mass is 9.73. The molecule has 0 bridgehead atoms. The Hall–Kier alpha value is -0.780. The first-order chi connectivity index (χ1) is 8.86. The summed E-state index contributed by atoms with van der Waals surface area (Å²) >= 11 is 0. The summed E-state index contributed by atoms with van der Waals surface area (Å²) in [5, 5.41) is 0. The Labute approximate surface area is 115 Å². The van der Waals surface area contributed by atoms with E-state index in [1.807, 2.05) is 13.8 Å². The first-order valence-corrected chi connectivity index (χ1v) is 7.94. The third-order valence-electron chi connectivity index (χ3n) is 4.17. The Morgan fingerprint density at radius 1 is 1.22 bits per heavy atom. The van der Waals surface area contributed by atoms with Gasteiger partial charge in [-0.15, -0.1) is 0 Å². The Morgan fingerprint density at radius 2 is 1.94 bits per heavy atom. The van der Waals surface area contributed by atoms with Gasteiger partial charge in [-0.3, -0.25) is 0 Å². The second-order valence-corrected chi connectivity index (χ2v) is 5.15. The molecule has 0 saturated heterocycles. The molecule has 0 aromatic heterocycles. The van der Waals surface area contributed by atoms with Crippen LogP contribution in [0.25, 0.3) is 0 Å². The molecule has 0 nitrogen and oxygen atoms in total. The zero-order chi connectivity index (χ0) is 13.4. The molecule has 2 atom stereocenters. The summed E-state index contributed by atoms with van der Waals surface area (Å²) in [4.78, 5) is 0. The highest BCUT2D eigenvalue weighted by Gasteiger charge is 2.25. The Bertz CT molecular complexity index is 332. The highest BCUT2D eigenvalue weighted by molar-refractivity contribution is 5.33. The second-order valence-electron chi connectivity index (χ2n) is 5.15. The lowest BCUT2D eigenvalue weighted by Gasteiger charge is -2.32. The molecule has 2 unspecified atom stereocenters. The van der Waals surface area contributed by atoms with Crippen LogP contribution in [-0.2, 0) is 6.42 Å². The van der Waals surface area contributed by atoms with E-state index in [4.69, 9.17) is 0 Å². The Balaban J connectivity index is 0.00000103. The van der Waals surface area contributed by atoms with Crippen LogP contribution >= 0.6 is 0 Å². The van der Waals surface area contributed by atoms with Crippen molar-refractivity contribution in [2.45, 2.75) is 72.1 Å². The molecule has 1 aromatic carbocycles. The number of hydrogen-bond donors (Lipinski definition) is 0. The van der Waals surface area contributed by atoms with E-state index in [1.54, 1.807) is 11.1 Å². The lowest BCUT2D eigenvalue weighted by molar-refractivity contribution is 0.344. The number of rotatable bonds is 4. The third kappa shape index (κ3) is 3.60. The van der Waals surface area contributed by atoms with Gasteiger partial charge in [-0.2, -0.15) is 0 Å². The normalized spacial score (nSPS) is 19.4. The summed E-state index contributed by atoms with van der Waals surface area (Å²) in [5.74, 6) is 1.75. The molecule has 0 fully saturated rings. The minimum atomic E-state index is 0. The molecular formula is C18H32. The molecular weight excluding hydrogens is 216 g/mol. The smallest absolute Gasteiger partial charge is 0 e. The standard InChI is InChI=1S/C16H24.C2H6.H2/c1-3-8-13(4-2)15-12-7-10-14-9-5-6-11-16(14)15;1-2;/h5-6,9,11,13,15H,3-4,7-8,10,12H2,1-2H3;1-2H3;1H. The topological polar surface area (TPSA) is 0 Å². The van der Waals surface area contributed by atoms with Gasteiger partial charge >= 0.3 is 0 Å². The van der Waals surface area contributed by atoms with Crippen LogP contribution in [0.1, 0.15) is 78.3 Å². The molecule has 1 aliphatic rings. The Kier molecular flexibility index (Phi) is 7.08. The van der Waals surface area contributed by atoms with Crippen molar-refractivity contribution < 1.29 is 1.43 Å². The maximum Gasteiger partial charge on any atom is 0 e. The van der Waals surface area contributed by atoms with E-state index in [-0.39, 0.29) is 1.43 Å². The highest BCUT2D eigenvalue weighted by Crippen LogP contribution is 2.39. The summed E-state index contributed by atoms with van der Waals surface area (Å²) < 4.78 is 0. The predicted molar refractivity (Wildman–Crippen MR) is 84.3 cm³/mol. The van der Waals surface area contributed by atoms with Gasteiger partial charge in [0, 0.05) is 1.43 Å². The van der Waals surface area contributed by atoms with E-state index in [9.17, 15) is 0 Å². The fourth-order valence-corrected chi connectivity index (χ4v) is 3.34. The quantitative estimate of drug-likeness (QED) is 0.594. The van der Waals surface area contributed by atoms with Crippen molar-refractivity contribution in [1.82, 2.24) is 0 Å². The van der Waals surface area contributed by atoms with Gasteiger partial charge in [0.2, 0.25) is 0 Å². The van der Waals surface area contributed by atoms with Crippen molar-refractivity contribution in [3.05, 3.63) is 35.4 Å². The summed E-state index contributed by atoms with van der Waals surface area (Å²) in [6.45, 7) is 8.68. The molecule has 0 heterocycles. The van der Waals surface area contributed by atoms with E-state index in [1.165, 1.54) is 38.5 Å². The lowest BCUT2D eigenvalue weighted by Crippen LogP contribution is -2.18. The molecule has 0 heteroatoms. The van der Waals surface area contributed by atoms with Gasteiger partial charge in [0.25, 0.3) is 0 Å². The van der Waals surface area contributed by atoms with E-state index in [0.29, 0.717) is 0 Å². The average Bonchev–Trinajstić information content (AvgIpc) is 2.46. The van der Waals surface area contributed by atoms with Crippen molar-refractivity contribution >= 4 is 0 Å². The van der Waals surface area contributed by atoms with Crippen molar-refractivity contribution in [3.63, 3.8) is 0 Å². The fraction of sp³-hybridized carbons (Fsp3) is 0.667. The van der Waals surface area contributed by atoms with Crippen molar-refractivity contribution in [1.29, 1.82) is 0 Å². The zero-order valence-electron chi connectivity index (χ0n) is 12.7. The molecule has 1 aliphatic carbocycles. The first-order valence-electron chi connectivity index (χ1n) is 7.94. The van der Waals surface area contributed by atoms with Gasteiger partial charge < -0.3 is 0 Å². The van der Waals surface area contributed by atoms with Crippen molar-refractivity contribution in [2.24, 2.45) is 5.92 Å². The summed E-state index contributed by atoms with van der Waals surface area (Å²) in [5.41, 5.74) is 3.28. The zero-order valence-corrected chi connectivity index (χ0v) is 12.7.